The number of rotatable bonds is 4. The number of aromatic nitrogens is 2. The van der Waals surface area contributed by atoms with Gasteiger partial charge in [-0.3, -0.25) is 0 Å². The van der Waals surface area contributed by atoms with E-state index in [-0.39, 0.29) is 12.0 Å². The standard InChI is InChI=1S/C8H14N2O3/c1-4-6(12-3)7-9-8(5(2)11)13-10-7/h5-6,11H,4H2,1-3H3. The molecule has 0 fully saturated rings. The Labute approximate surface area is 76.7 Å². The molecule has 0 saturated carbocycles. The Morgan fingerprint density at radius 1 is 1.62 bits per heavy atom. The molecule has 1 aromatic rings. The minimum absolute atomic E-state index is 0.156. The molecule has 0 aliphatic carbocycles. The third kappa shape index (κ3) is 2.26. The first-order valence-electron chi connectivity index (χ1n) is 4.23. The van der Waals surface area contributed by atoms with Crippen LogP contribution in [-0.2, 0) is 4.74 Å². The van der Waals surface area contributed by atoms with Crippen LogP contribution >= 0.6 is 0 Å². The van der Waals surface area contributed by atoms with E-state index >= 15 is 0 Å². The number of methoxy groups -OCH3 is 1. The molecular formula is C8H14N2O3. The summed E-state index contributed by atoms with van der Waals surface area (Å²) in [6.45, 7) is 3.54. The van der Waals surface area contributed by atoms with Gasteiger partial charge in [-0.05, 0) is 13.3 Å². The second kappa shape index (κ2) is 4.34. The van der Waals surface area contributed by atoms with Crippen LogP contribution in [0.15, 0.2) is 4.52 Å². The molecule has 1 N–H and O–H groups in total. The van der Waals surface area contributed by atoms with Gasteiger partial charge in [-0.2, -0.15) is 4.98 Å². The molecule has 0 amide bonds. The lowest BCUT2D eigenvalue weighted by Crippen LogP contribution is -2.02. The molecular weight excluding hydrogens is 172 g/mol. The third-order valence-electron chi connectivity index (χ3n) is 1.76. The molecule has 5 heteroatoms. The van der Waals surface area contributed by atoms with Crippen molar-refractivity contribution in [3.63, 3.8) is 0 Å². The first-order valence-corrected chi connectivity index (χ1v) is 4.23. The minimum Gasteiger partial charge on any atom is -0.384 e. The zero-order valence-electron chi connectivity index (χ0n) is 8.02. The van der Waals surface area contributed by atoms with E-state index in [1.807, 2.05) is 6.92 Å². The third-order valence-corrected chi connectivity index (χ3v) is 1.76. The van der Waals surface area contributed by atoms with Crippen molar-refractivity contribution in [2.75, 3.05) is 7.11 Å². The van der Waals surface area contributed by atoms with E-state index in [4.69, 9.17) is 14.4 Å². The summed E-state index contributed by atoms with van der Waals surface area (Å²) in [7, 11) is 1.59. The van der Waals surface area contributed by atoms with E-state index in [2.05, 4.69) is 10.1 Å². The van der Waals surface area contributed by atoms with Gasteiger partial charge in [0.1, 0.15) is 12.2 Å². The second-order valence-corrected chi connectivity index (χ2v) is 2.80. The van der Waals surface area contributed by atoms with Gasteiger partial charge in [0.25, 0.3) is 5.89 Å². The van der Waals surface area contributed by atoms with Gasteiger partial charge in [-0.1, -0.05) is 12.1 Å². The van der Waals surface area contributed by atoms with Crippen LogP contribution in [0.4, 0.5) is 0 Å². The molecule has 5 nitrogen and oxygen atoms in total. The maximum Gasteiger partial charge on any atom is 0.255 e. The van der Waals surface area contributed by atoms with E-state index in [1.165, 1.54) is 0 Å². The van der Waals surface area contributed by atoms with Crippen molar-refractivity contribution in [3.8, 4) is 0 Å². The summed E-state index contributed by atoms with van der Waals surface area (Å²) in [6.07, 6.45) is -0.109. The summed E-state index contributed by atoms with van der Waals surface area (Å²) in [5.74, 6) is 0.714. The van der Waals surface area contributed by atoms with Crippen molar-refractivity contribution in [2.45, 2.75) is 32.5 Å². The predicted molar refractivity (Wildman–Crippen MR) is 45.0 cm³/mol. The molecule has 0 aromatic carbocycles. The normalized spacial score (nSPS) is 15.7. The molecule has 0 aliphatic heterocycles. The van der Waals surface area contributed by atoms with Gasteiger partial charge in [0.15, 0.2) is 0 Å². The summed E-state index contributed by atoms with van der Waals surface area (Å²) >= 11 is 0. The molecule has 0 spiro atoms. The van der Waals surface area contributed by atoms with Gasteiger partial charge in [0.2, 0.25) is 5.82 Å². The number of ether oxygens (including phenoxy) is 1. The number of hydrogen-bond acceptors (Lipinski definition) is 5. The van der Waals surface area contributed by atoms with Crippen LogP contribution in [-0.4, -0.2) is 22.4 Å². The Balaban J connectivity index is 2.78. The number of aliphatic hydroxyl groups excluding tert-OH is 1. The fraction of sp³-hybridized carbons (Fsp3) is 0.750. The Hall–Kier alpha value is -0.940. The Kier molecular flexibility index (Phi) is 3.39. The molecule has 1 heterocycles. The molecule has 13 heavy (non-hydrogen) atoms. The van der Waals surface area contributed by atoms with Gasteiger partial charge < -0.3 is 14.4 Å². The van der Waals surface area contributed by atoms with Crippen LogP contribution < -0.4 is 0 Å². The average Bonchev–Trinajstić information content (AvgIpc) is 2.56. The summed E-state index contributed by atoms with van der Waals surface area (Å²) in [4.78, 5) is 4.00. The van der Waals surface area contributed by atoms with Crippen LogP contribution in [0.25, 0.3) is 0 Å². The van der Waals surface area contributed by atoms with Crippen LogP contribution in [0.2, 0.25) is 0 Å². The van der Waals surface area contributed by atoms with Crippen molar-refractivity contribution < 1.29 is 14.4 Å². The molecule has 0 aliphatic rings. The monoisotopic (exact) mass is 186 g/mol. The van der Waals surface area contributed by atoms with Crippen molar-refractivity contribution in [3.05, 3.63) is 11.7 Å². The van der Waals surface area contributed by atoms with Crippen LogP contribution in [0.3, 0.4) is 0 Å². The summed E-state index contributed by atoms with van der Waals surface area (Å²) < 4.78 is 9.93. The molecule has 1 rings (SSSR count). The summed E-state index contributed by atoms with van der Waals surface area (Å²) in [5.41, 5.74) is 0. The van der Waals surface area contributed by atoms with Crippen molar-refractivity contribution >= 4 is 0 Å². The van der Waals surface area contributed by atoms with Gasteiger partial charge in [-0.25, -0.2) is 0 Å². The highest BCUT2D eigenvalue weighted by Gasteiger charge is 2.17. The van der Waals surface area contributed by atoms with E-state index in [0.717, 1.165) is 6.42 Å². The highest BCUT2D eigenvalue weighted by molar-refractivity contribution is 4.92. The molecule has 2 unspecified atom stereocenters. The number of hydrogen-bond donors (Lipinski definition) is 1. The molecule has 0 radical (unpaired) electrons. The fourth-order valence-electron chi connectivity index (χ4n) is 1.00. The number of nitrogens with zero attached hydrogens (tertiary/aromatic N) is 2. The molecule has 0 saturated heterocycles. The van der Waals surface area contributed by atoms with Crippen molar-refractivity contribution in [1.29, 1.82) is 0 Å². The average molecular weight is 186 g/mol. The lowest BCUT2D eigenvalue weighted by Gasteiger charge is -2.06. The SMILES string of the molecule is CCC(OC)c1noc(C(C)O)n1. The second-order valence-electron chi connectivity index (χ2n) is 2.80. The Morgan fingerprint density at radius 2 is 2.31 bits per heavy atom. The summed E-state index contributed by atoms with van der Waals surface area (Å²) in [6, 6.07) is 0. The molecule has 74 valence electrons. The van der Waals surface area contributed by atoms with E-state index in [0.29, 0.717) is 5.82 Å². The Morgan fingerprint density at radius 3 is 2.69 bits per heavy atom. The van der Waals surface area contributed by atoms with Crippen LogP contribution in [0, 0.1) is 0 Å². The highest BCUT2D eigenvalue weighted by Crippen LogP contribution is 2.18. The van der Waals surface area contributed by atoms with Crippen molar-refractivity contribution in [1.82, 2.24) is 10.1 Å². The topological polar surface area (TPSA) is 68.4 Å². The summed E-state index contributed by atoms with van der Waals surface area (Å²) in [5, 5.41) is 12.8. The fourth-order valence-corrected chi connectivity index (χ4v) is 1.00. The van der Waals surface area contributed by atoms with E-state index in [9.17, 15) is 0 Å². The maximum atomic E-state index is 9.13. The van der Waals surface area contributed by atoms with Crippen LogP contribution in [0.1, 0.15) is 44.2 Å². The quantitative estimate of drug-likeness (QED) is 0.765. The largest absolute Gasteiger partial charge is 0.384 e. The first kappa shape index (κ1) is 10.1. The Bertz CT molecular complexity index is 256. The van der Waals surface area contributed by atoms with E-state index < -0.39 is 6.10 Å². The van der Waals surface area contributed by atoms with Gasteiger partial charge >= 0.3 is 0 Å². The molecule has 1 aromatic heterocycles. The zero-order chi connectivity index (χ0) is 9.84. The number of aliphatic hydroxyl groups is 1. The van der Waals surface area contributed by atoms with Gasteiger partial charge in [0, 0.05) is 7.11 Å². The van der Waals surface area contributed by atoms with E-state index in [1.54, 1.807) is 14.0 Å². The smallest absolute Gasteiger partial charge is 0.255 e. The zero-order valence-corrected chi connectivity index (χ0v) is 8.02. The lowest BCUT2D eigenvalue weighted by atomic mass is 10.2. The van der Waals surface area contributed by atoms with Gasteiger partial charge in [0.05, 0.1) is 0 Å². The molecule has 2 atom stereocenters. The first-order chi connectivity index (χ1) is 6.19. The van der Waals surface area contributed by atoms with Crippen LogP contribution in [0.5, 0.6) is 0 Å². The predicted octanol–water partition coefficient (Wildman–Crippen LogP) is 1.22. The lowest BCUT2D eigenvalue weighted by molar-refractivity contribution is 0.0902. The maximum absolute atomic E-state index is 9.13. The molecule has 0 bridgehead atoms. The van der Waals surface area contributed by atoms with Gasteiger partial charge in [-0.15, -0.1) is 0 Å². The van der Waals surface area contributed by atoms with Crippen molar-refractivity contribution in [2.24, 2.45) is 0 Å². The minimum atomic E-state index is -0.726. The highest BCUT2D eigenvalue weighted by atomic mass is 16.5.